The number of hydrogen-bond donors (Lipinski definition) is 1. The number of nitrogens with zero attached hydrogens (tertiary/aromatic N) is 3. The molecule has 3 heterocycles. The molecule has 2 fully saturated rings. The number of likely N-dealkylation sites (tertiary alicyclic amines) is 1. The van der Waals surface area contributed by atoms with Crippen molar-refractivity contribution in [2.24, 2.45) is 11.8 Å². The summed E-state index contributed by atoms with van der Waals surface area (Å²) in [6.07, 6.45) is 2.13. The first kappa shape index (κ1) is 20.4. The lowest BCUT2D eigenvalue weighted by atomic mass is 9.92. The molecule has 0 aliphatic carbocycles. The van der Waals surface area contributed by atoms with Crippen LogP contribution in [0.5, 0.6) is 0 Å². The lowest BCUT2D eigenvalue weighted by Crippen LogP contribution is -2.33. The van der Waals surface area contributed by atoms with Crippen LogP contribution in [0.25, 0.3) is 0 Å². The third-order valence-electron chi connectivity index (χ3n) is 5.22. The summed E-state index contributed by atoms with van der Waals surface area (Å²) >= 11 is 7.63. The third kappa shape index (κ3) is 4.74. The monoisotopic (exact) mass is 424 g/mol. The molecule has 2 atom stereocenters. The number of hydrogen-bond acceptors (Lipinski definition) is 5. The number of amides is 1. The van der Waals surface area contributed by atoms with Gasteiger partial charge in [0.2, 0.25) is 0 Å². The molecular weight excluding hydrogens is 403 g/mol. The third-order valence-corrected chi connectivity index (χ3v) is 6.66. The van der Waals surface area contributed by atoms with Gasteiger partial charge in [-0.05, 0) is 62.0 Å². The SMILES string of the molecule is Cl.O=C(c1ccc(Sc2ccccc2Cl)nn1)N1CC[C@@H]2CNC[C@@H]2CC1. The minimum Gasteiger partial charge on any atom is -0.337 e. The molecular formula is C19H22Cl2N4OS. The van der Waals surface area contributed by atoms with Crippen LogP contribution in [0.15, 0.2) is 46.3 Å². The van der Waals surface area contributed by atoms with Gasteiger partial charge in [0.15, 0.2) is 5.69 Å². The fourth-order valence-electron chi connectivity index (χ4n) is 3.71. The van der Waals surface area contributed by atoms with Gasteiger partial charge in [0.25, 0.3) is 5.91 Å². The molecule has 2 aliphatic rings. The highest BCUT2D eigenvalue weighted by molar-refractivity contribution is 7.99. The Bertz CT molecular complexity index is 776. The number of rotatable bonds is 3. The van der Waals surface area contributed by atoms with E-state index in [1.165, 1.54) is 11.8 Å². The van der Waals surface area contributed by atoms with Crippen molar-refractivity contribution in [3.05, 3.63) is 47.1 Å². The Kier molecular flexibility index (Phi) is 6.98. The van der Waals surface area contributed by atoms with Crippen molar-refractivity contribution in [2.75, 3.05) is 26.2 Å². The quantitative estimate of drug-likeness (QED) is 0.811. The van der Waals surface area contributed by atoms with E-state index in [4.69, 9.17) is 11.6 Å². The zero-order valence-corrected chi connectivity index (χ0v) is 17.2. The van der Waals surface area contributed by atoms with Gasteiger partial charge in [-0.1, -0.05) is 35.5 Å². The van der Waals surface area contributed by atoms with E-state index in [1.807, 2.05) is 35.2 Å². The molecule has 8 heteroatoms. The van der Waals surface area contributed by atoms with Gasteiger partial charge >= 0.3 is 0 Å². The molecule has 5 nitrogen and oxygen atoms in total. The summed E-state index contributed by atoms with van der Waals surface area (Å²) in [5.74, 6) is 1.39. The molecule has 27 heavy (non-hydrogen) atoms. The zero-order chi connectivity index (χ0) is 17.9. The van der Waals surface area contributed by atoms with Gasteiger partial charge in [-0.15, -0.1) is 22.6 Å². The lowest BCUT2D eigenvalue weighted by molar-refractivity contribution is 0.0751. The van der Waals surface area contributed by atoms with E-state index in [0.717, 1.165) is 48.9 Å². The van der Waals surface area contributed by atoms with Crippen LogP contribution in [0, 0.1) is 11.8 Å². The maximum absolute atomic E-state index is 12.8. The summed E-state index contributed by atoms with van der Waals surface area (Å²) in [4.78, 5) is 15.6. The highest BCUT2D eigenvalue weighted by Gasteiger charge is 2.32. The fraction of sp³-hybridized carbons (Fsp3) is 0.421. The minimum atomic E-state index is -0.0141. The average molecular weight is 425 g/mol. The Labute approximate surface area is 174 Å². The molecule has 2 aromatic rings. The van der Waals surface area contributed by atoms with Crippen molar-refractivity contribution in [3.8, 4) is 0 Å². The van der Waals surface area contributed by atoms with Crippen LogP contribution in [0.2, 0.25) is 5.02 Å². The van der Waals surface area contributed by atoms with Crippen molar-refractivity contribution in [3.63, 3.8) is 0 Å². The molecule has 0 saturated carbocycles. The summed E-state index contributed by atoms with van der Waals surface area (Å²) < 4.78 is 0. The van der Waals surface area contributed by atoms with E-state index in [9.17, 15) is 4.79 Å². The molecule has 1 amide bonds. The molecule has 144 valence electrons. The van der Waals surface area contributed by atoms with E-state index in [1.54, 1.807) is 6.07 Å². The normalized spacial score (nSPS) is 21.9. The molecule has 0 unspecified atom stereocenters. The largest absolute Gasteiger partial charge is 0.337 e. The smallest absolute Gasteiger partial charge is 0.274 e. The van der Waals surface area contributed by atoms with Gasteiger partial charge in [-0.2, -0.15) is 0 Å². The molecule has 1 aromatic heterocycles. The van der Waals surface area contributed by atoms with Gasteiger partial charge < -0.3 is 10.2 Å². The second kappa shape index (κ2) is 9.24. The maximum Gasteiger partial charge on any atom is 0.274 e. The van der Waals surface area contributed by atoms with Gasteiger partial charge in [-0.3, -0.25) is 4.79 Å². The van der Waals surface area contributed by atoms with Crippen molar-refractivity contribution in [1.82, 2.24) is 20.4 Å². The highest BCUT2D eigenvalue weighted by Crippen LogP contribution is 2.31. The minimum absolute atomic E-state index is 0. The van der Waals surface area contributed by atoms with Crippen molar-refractivity contribution in [1.29, 1.82) is 0 Å². The summed E-state index contributed by atoms with van der Waals surface area (Å²) in [5, 5.41) is 13.2. The van der Waals surface area contributed by atoms with E-state index >= 15 is 0 Å². The predicted octanol–water partition coefficient (Wildman–Crippen LogP) is 3.77. The Morgan fingerprint density at radius 2 is 1.78 bits per heavy atom. The van der Waals surface area contributed by atoms with Crippen molar-refractivity contribution >= 4 is 41.7 Å². The van der Waals surface area contributed by atoms with Crippen molar-refractivity contribution in [2.45, 2.75) is 22.8 Å². The maximum atomic E-state index is 12.8. The van der Waals surface area contributed by atoms with E-state index in [2.05, 4.69) is 15.5 Å². The number of carbonyl (C=O) groups excluding carboxylic acids is 1. The topological polar surface area (TPSA) is 58.1 Å². The van der Waals surface area contributed by atoms with Crippen LogP contribution in [-0.2, 0) is 0 Å². The molecule has 2 saturated heterocycles. The molecule has 4 rings (SSSR count). The zero-order valence-electron chi connectivity index (χ0n) is 14.8. The Hall–Kier alpha value is -1.34. The summed E-state index contributed by atoms with van der Waals surface area (Å²) in [6.45, 7) is 3.78. The van der Waals surface area contributed by atoms with Crippen LogP contribution < -0.4 is 5.32 Å². The van der Waals surface area contributed by atoms with E-state index in [-0.39, 0.29) is 18.3 Å². The molecule has 0 bridgehead atoms. The van der Waals surface area contributed by atoms with Gasteiger partial charge in [0, 0.05) is 18.0 Å². The number of aromatic nitrogens is 2. The average Bonchev–Trinajstić information content (AvgIpc) is 3.02. The van der Waals surface area contributed by atoms with Gasteiger partial charge in [-0.25, -0.2) is 0 Å². The number of carbonyl (C=O) groups is 1. The molecule has 1 aromatic carbocycles. The van der Waals surface area contributed by atoms with Crippen LogP contribution in [0.1, 0.15) is 23.3 Å². The second-order valence-corrected chi connectivity index (χ2v) is 8.31. The van der Waals surface area contributed by atoms with Crippen LogP contribution in [-0.4, -0.2) is 47.2 Å². The Morgan fingerprint density at radius 1 is 1.07 bits per heavy atom. The number of fused-ring (bicyclic) bond motifs is 1. The van der Waals surface area contributed by atoms with Crippen LogP contribution >= 0.6 is 35.8 Å². The highest BCUT2D eigenvalue weighted by atomic mass is 35.5. The fourth-order valence-corrected chi connectivity index (χ4v) is 4.72. The number of halogens is 2. The predicted molar refractivity (Wildman–Crippen MR) is 110 cm³/mol. The lowest BCUT2D eigenvalue weighted by Gasteiger charge is -2.20. The Balaban J connectivity index is 0.00000210. The molecule has 0 radical (unpaired) electrons. The first-order valence-electron chi connectivity index (χ1n) is 8.97. The summed E-state index contributed by atoms with van der Waals surface area (Å²) in [5.41, 5.74) is 0.415. The molecule has 0 spiro atoms. The standard InChI is InChI=1S/C19H21ClN4OS.ClH/c20-15-3-1-2-4-17(15)26-18-6-5-16(22-23-18)19(25)24-9-7-13-11-21-12-14(13)8-10-24;/h1-6,13-14,21H,7-12H2;1H/t13-,14+;. The molecule has 2 aliphatic heterocycles. The van der Waals surface area contributed by atoms with E-state index < -0.39 is 0 Å². The first-order valence-corrected chi connectivity index (χ1v) is 10.2. The van der Waals surface area contributed by atoms with Gasteiger partial charge in [0.1, 0.15) is 5.03 Å². The number of benzene rings is 1. The summed E-state index contributed by atoms with van der Waals surface area (Å²) in [6, 6.07) is 11.2. The van der Waals surface area contributed by atoms with Crippen molar-refractivity contribution < 1.29 is 4.79 Å². The first-order chi connectivity index (χ1) is 12.7. The van der Waals surface area contributed by atoms with Crippen LogP contribution in [0.4, 0.5) is 0 Å². The number of nitrogens with one attached hydrogen (secondary N) is 1. The van der Waals surface area contributed by atoms with Gasteiger partial charge in [0.05, 0.1) is 5.02 Å². The Morgan fingerprint density at radius 3 is 2.41 bits per heavy atom. The second-order valence-electron chi connectivity index (χ2n) is 6.84. The summed E-state index contributed by atoms with van der Waals surface area (Å²) in [7, 11) is 0. The molecule has 1 N–H and O–H groups in total. The van der Waals surface area contributed by atoms with E-state index in [0.29, 0.717) is 22.6 Å². The van der Waals surface area contributed by atoms with Crippen LogP contribution in [0.3, 0.4) is 0 Å².